The number of fused-ring (bicyclic) bond motifs is 1. The molecule has 3 heteroatoms. The van der Waals surface area contributed by atoms with Crippen LogP contribution >= 0.6 is 0 Å². The zero-order valence-electron chi connectivity index (χ0n) is 6.84. The van der Waals surface area contributed by atoms with Gasteiger partial charge in [0.25, 0.3) is 0 Å². The molecule has 0 aromatic rings. The fraction of sp³-hybridized carbons (Fsp3) is 0.444. The number of rotatable bonds is 0. The van der Waals surface area contributed by atoms with Gasteiger partial charge in [-0.1, -0.05) is 12.2 Å². The van der Waals surface area contributed by atoms with Gasteiger partial charge in [0.2, 0.25) is 0 Å². The lowest BCUT2D eigenvalue weighted by Gasteiger charge is -2.17. The van der Waals surface area contributed by atoms with Crippen molar-refractivity contribution in [2.45, 2.75) is 12.8 Å². The van der Waals surface area contributed by atoms with Crippen LogP contribution in [0.2, 0.25) is 0 Å². The first-order chi connectivity index (χ1) is 5.86. The highest BCUT2D eigenvalue weighted by Gasteiger charge is 2.20. The topological polar surface area (TPSA) is 41.1 Å². The molecule has 2 rings (SSSR count). The summed E-state index contributed by atoms with van der Waals surface area (Å²) in [7, 11) is 0. The van der Waals surface area contributed by atoms with Crippen LogP contribution in [0.4, 0.5) is 4.79 Å². The Kier molecular flexibility index (Phi) is 1.86. The first kappa shape index (κ1) is 7.40. The number of hydrogen-bond acceptors (Lipinski definition) is 1. The van der Waals surface area contributed by atoms with Gasteiger partial charge in [-0.05, 0) is 18.9 Å². The van der Waals surface area contributed by atoms with Crippen LogP contribution in [0.25, 0.3) is 0 Å². The minimum atomic E-state index is -0.0703. The van der Waals surface area contributed by atoms with Gasteiger partial charge in [0.1, 0.15) is 0 Å². The average molecular weight is 164 g/mol. The highest BCUT2D eigenvalue weighted by atomic mass is 16.2. The van der Waals surface area contributed by atoms with Crippen LogP contribution in [-0.4, -0.2) is 12.6 Å². The fourth-order valence-corrected chi connectivity index (χ4v) is 1.63. The van der Waals surface area contributed by atoms with Crippen molar-refractivity contribution in [3.8, 4) is 0 Å². The Labute approximate surface area is 71.5 Å². The molecule has 1 heterocycles. The van der Waals surface area contributed by atoms with Crippen molar-refractivity contribution >= 4 is 6.03 Å². The zero-order chi connectivity index (χ0) is 8.39. The highest BCUT2D eigenvalue weighted by molar-refractivity contribution is 5.76. The quantitative estimate of drug-likeness (QED) is 0.554. The van der Waals surface area contributed by atoms with Gasteiger partial charge in [-0.15, -0.1) is 0 Å². The lowest BCUT2D eigenvalue weighted by molar-refractivity contribution is 0.244. The van der Waals surface area contributed by atoms with Gasteiger partial charge in [-0.25, -0.2) is 4.79 Å². The number of hydrogen-bond donors (Lipinski definition) is 2. The maximum absolute atomic E-state index is 11.1. The Morgan fingerprint density at radius 2 is 2.42 bits per heavy atom. The van der Waals surface area contributed by atoms with E-state index in [9.17, 15) is 4.79 Å². The number of allylic oxidation sites excluding steroid dienone is 4. The predicted molar refractivity (Wildman–Crippen MR) is 46.5 cm³/mol. The number of nitrogens with one attached hydrogen (secondary N) is 2. The number of urea groups is 1. The van der Waals surface area contributed by atoms with E-state index >= 15 is 0 Å². The molecule has 1 atom stereocenters. The van der Waals surface area contributed by atoms with Crippen LogP contribution in [0, 0.1) is 5.92 Å². The van der Waals surface area contributed by atoms with Crippen molar-refractivity contribution in [3.05, 3.63) is 23.9 Å². The number of carbonyl (C=O) groups excluding carboxylic acids is 1. The van der Waals surface area contributed by atoms with E-state index in [2.05, 4.69) is 16.7 Å². The first-order valence-corrected chi connectivity index (χ1v) is 4.28. The smallest absolute Gasteiger partial charge is 0.318 e. The molecule has 2 amide bonds. The molecule has 0 saturated carbocycles. The molecule has 1 aliphatic heterocycles. The van der Waals surface area contributed by atoms with Crippen molar-refractivity contribution in [3.63, 3.8) is 0 Å². The van der Waals surface area contributed by atoms with Crippen LogP contribution in [0.5, 0.6) is 0 Å². The molecule has 1 fully saturated rings. The van der Waals surface area contributed by atoms with Crippen molar-refractivity contribution in [2.75, 3.05) is 6.54 Å². The van der Waals surface area contributed by atoms with E-state index in [1.54, 1.807) is 0 Å². The maximum atomic E-state index is 11.1. The molecule has 0 radical (unpaired) electrons. The molecule has 0 aromatic carbocycles. The summed E-state index contributed by atoms with van der Waals surface area (Å²) in [5, 5.41) is 5.62. The van der Waals surface area contributed by atoms with E-state index in [0.29, 0.717) is 5.92 Å². The van der Waals surface area contributed by atoms with Crippen molar-refractivity contribution in [2.24, 2.45) is 5.92 Å². The summed E-state index contributed by atoms with van der Waals surface area (Å²) in [5.41, 5.74) is 1.06. The first-order valence-electron chi connectivity index (χ1n) is 4.28. The van der Waals surface area contributed by atoms with Crippen LogP contribution < -0.4 is 10.6 Å². The van der Waals surface area contributed by atoms with Crippen molar-refractivity contribution in [1.82, 2.24) is 10.6 Å². The molecular weight excluding hydrogens is 152 g/mol. The molecule has 0 aromatic heterocycles. The van der Waals surface area contributed by atoms with E-state index in [1.807, 2.05) is 12.2 Å². The standard InChI is InChI=1S/C9H12N2O/c12-9-10-6-5-7-3-1-2-4-8(7)11-9/h1-2,4,7H,3,5-6H2,(H2,10,11,12). The van der Waals surface area contributed by atoms with E-state index in [4.69, 9.17) is 0 Å². The van der Waals surface area contributed by atoms with Crippen LogP contribution in [0.1, 0.15) is 12.8 Å². The Morgan fingerprint density at radius 1 is 1.50 bits per heavy atom. The summed E-state index contributed by atoms with van der Waals surface area (Å²) in [6, 6.07) is -0.0703. The van der Waals surface area contributed by atoms with E-state index in [-0.39, 0.29) is 6.03 Å². The lowest BCUT2D eigenvalue weighted by atomic mass is 9.94. The average Bonchev–Trinajstić information content (AvgIpc) is 2.25. The van der Waals surface area contributed by atoms with Gasteiger partial charge in [-0.2, -0.15) is 0 Å². The molecule has 1 unspecified atom stereocenters. The van der Waals surface area contributed by atoms with Gasteiger partial charge in [0.05, 0.1) is 0 Å². The number of amides is 2. The summed E-state index contributed by atoms with van der Waals surface area (Å²) >= 11 is 0. The Balaban J connectivity index is 2.18. The monoisotopic (exact) mass is 164 g/mol. The highest BCUT2D eigenvalue weighted by Crippen LogP contribution is 2.22. The molecule has 0 spiro atoms. The van der Waals surface area contributed by atoms with Gasteiger partial charge >= 0.3 is 6.03 Å². The Hall–Kier alpha value is -1.25. The second-order valence-corrected chi connectivity index (χ2v) is 3.15. The summed E-state index contributed by atoms with van der Waals surface area (Å²) in [4.78, 5) is 11.1. The second-order valence-electron chi connectivity index (χ2n) is 3.15. The minimum absolute atomic E-state index is 0.0703. The third kappa shape index (κ3) is 1.35. The second kappa shape index (κ2) is 3.01. The molecule has 1 aliphatic carbocycles. The SMILES string of the molecule is O=C1NCCC2CC=CC=C2N1. The van der Waals surface area contributed by atoms with Crippen LogP contribution in [0.15, 0.2) is 23.9 Å². The predicted octanol–water partition coefficient (Wildman–Crippen LogP) is 1.15. The van der Waals surface area contributed by atoms with Gasteiger partial charge in [0, 0.05) is 18.2 Å². The largest absolute Gasteiger partial charge is 0.338 e. The summed E-state index contributed by atoms with van der Waals surface area (Å²) in [5.74, 6) is 0.508. The molecule has 2 aliphatic rings. The summed E-state index contributed by atoms with van der Waals surface area (Å²) in [6.07, 6.45) is 8.21. The molecule has 0 bridgehead atoms. The third-order valence-electron chi connectivity index (χ3n) is 2.31. The normalized spacial score (nSPS) is 27.8. The molecule has 2 N–H and O–H groups in total. The van der Waals surface area contributed by atoms with Crippen molar-refractivity contribution < 1.29 is 4.79 Å². The molecule has 64 valence electrons. The molecule has 12 heavy (non-hydrogen) atoms. The number of carbonyl (C=O) groups is 1. The van der Waals surface area contributed by atoms with E-state index < -0.39 is 0 Å². The van der Waals surface area contributed by atoms with E-state index in [0.717, 1.165) is 25.1 Å². The van der Waals surface area contributed by atoms with Gasteiger partial charge in [-0.3, -0.25) is 0 Å². The zero-order valence-corrected chi connectivity index (χ0v) is 6.84. The van der Waals surface area contributed by atoms with Gasteiger partial charge in [0.15, 0.2) is 0 Å². The maximum Gasteiger partial charge on any atom is 0.318 e. The Morgan fingerprint density at radius 3 is 3.33 bits per heavy atom. The van der Waals surface area contributed by atoms with Gasteiger partial charge < -0.3 is 10.6 Å². The third-order valence-corrected chi connectivity index (χ3v) is 2.31. The molecule has 1 saturated heterocycles. The fourth-order valence-electron chi connectivity index (χ4n) is 1.63. The summed E-state index contributed by atoms with van der Waals surface area (Å²) in [6.45, 7) is 0.779. The van der Waals surface area contributed by atoms with Crippen LogP contribution in [0.3, 0.4) is 0 Å². The Bertz CT molecular complexity index is 255. The molecular formula is C9H12N2O. The molecule has 3 nitrogen and oxygen atoms in total. The van der Waals surface area contributed by atoms with E-state index in [1.165, 1.54) is 0 Å². The summed E-state index contributed by atoms with van der Waals surface area (Å²) < 4.78 is 0. The van der Waals surface area contributed by atoms with Crippen LogP contribution in [-0.2, 0) is 0 Å². The minimum Gasteiger partial charge on any atom is -0.338 e. The van der Waals surface area contributed by atoms with Crippen molar-refractivity contribution in [1.29, 1.82) is 0 Å². The lowest BCUT2D eigenvalue weighted by Crippen LogP contribution is -2.32.